The molecular formula is C10H11N5O. The predicted octanol–water partition coefficient (Wildman–Crippen LogP) is 0.876. The van der Waals surface area contributed by atoms with Crippen LogP contribution in [0.1, 0.15) is 13.0 Å². The van der Waals surface area contributed by atoms with Crippen molar-refractivity contribution in [2.75, 3.05) is 12.3 Å². The highest BCUT2D eigenvalue weighted by Crippen LogP contribution is 2.36. The molecule has 1 aromatic carbocycles. The summed E-state index contributed by atoms with van der Waals surface area (Å²) in [5.74, 6) is 1.37. The molecule has 2 N–H and O–H groups in total. The number of para-hydroxylation sites is 1. The van der Waals surface area contributed by atoms with Gasteiger partial charge in [-0.25, -0.2) is 4.68 Å². The maximum absolute atomic E-state index is 5.88. The first-order valence-corrected chi connectivity index (χ1v) is 5.07. The van der Waals surface area contributed by atoms with Gasteiger partial charge in [0, 0.05) is 0 Å². The molecule has 0 fully saturated rings. The molecule has 6 heteroatoms. The number of nitrogens with two attached hydrogens (primary N) is 1. The number of anilines is 1. The molecule has 82 valence electrons. The van der Waals surface area contributed by atoms with E-state index in [0.29, 0.717) is 23.9 Å². The van der Waals surface area contributed by atoms with Crippen molar-refractivity contribution in [2.24, 2.45) is 0 Å². The second-order valence-corrected chi connectivity index (χ2v) is 3.83. The van der Waals surface area contributed by atoms with Gasteiger partial charge < -0.3 is 10.5 Å². The largest absolute Gasteiger partial charge is 0.488 e. The average Bonchev–Trinajstić information content (AvgIpc) is 2.71. The van der Waals surface area contributed by atoms with Gasteiger partial charge in [0.2, 0.25) is 0 Å². The van der Waals surface area contributed by atoms with Crippen LogP contribution in [0, 0.1) is 0 Å². The summed E-state index contributed by atoms with van der Waals surface area (Å²) in [6.45, 7) is 2.52. The zero-order chi connectivity index (χ0) is 11.1. The van der Waals surface area contributed by atoms with Gasteiger partial charge in [0.05, 0.1) is 17.3 Å². The molecule has 0 radical (unpaired) electrons. The summed E-state index contributed by atoms with van der Waals surface area (Å²) in [4.78, 5) is 0. The van der Waals surface area contributed by atoms with Crippen LogP contribution in [-0.4, -0.2) is 26.8 Å². The van der Waals surface area contributed by atoms with Crippen molar-refractivity contribution < 1.29 is 4.74 Å². The number of hydrogen-bond donors (Lipinski definition) is 1. The number of ether oxygens (including phenoxy) is 1. The first-order valence-electron chi connectivity index (χ1n) is 5.07. The second kappa shape index (κ2) is 3.19. The number of aromatic nitrogens is 4. The molecule has 6 nitrogen and oxygen atoms in total. The quantitative estimate of drug-likeness (QED) is 0.662. The number of benzene rings is 1. The molecule has 0 unspecified atom stereocenters. The molecule has 0 saturated heterocycles. The molecule has 1 aliphatic heterocycles. The highest BCUT2D eigenvalue weighted by molar-refractivity contribution is 5.73. The molecule has 0 bridgehead atoms. The lowest BCUT2D eigenvalue weighted by Crippen LogP contribution is -2.14. The lowest BCUT2D eigenvalue weighted by Gasteiger charge is -2.10. The van der Waals surface area contributed by atoms with Gasteiger partial charge in [-0.15, -0.1) is 5.10 Å². The van der Waals surface area contributed by atoms with Gasteiger partial charge in [0.25, 0.3) is 0 Å². The SMILES string of the molecule is C[C@H]1COc2c(N)cccc2-c2nnnn21. The van der Waals surface area contributed by atoms with E-state index in [2.05, 4.69) is 15.5 Å². The first kappa shape index (κ1) is 9.14. The van der Waals surface area contributed by atoms with Gasteiger partial charge in [-0.3, -0.25) is 0 Å². The van der Waals surface area contributed by atoms with Gasteiger partial charge in [-0.2, -0.15) is 0 Å². The smallest absolute Gasteiger partial charge is 0.186 e. The predicted molar refractivity (Wildman–Crippen MR) is 57.9 cm³/mol. The zero-order valence-corrected chi connectivity index (χ0v) is 8.79. The highest BCUT2D eigenvalue weighted by atomic mass is 16.5. The van der Waals surface area contributed by atoms with Crippen LogP contribution in [0.4, 0.5) is 5.69 Å². The monoisotopic (exact) mass is 217 g/mol. The zero-order valence-electron chi connectivity index (χ0n) is 8.79. The van der Waals surface area contributed by atoms with Crippen molar-refractivity contribution in [1.29, 1.82) is 0 Å². The Morgan fingerprint density at radius 2 is 2.38 bits per heavy atom. The molecule has 0 aliphatic carbocycles. The fraction of sp³-hybridized carbons (Fsp3) is 0.300. The molecule has 1 aliphatic rings. The van der Waals surface area contributed by atoms with Crippen molar-refractivity contribution in [3.05, 3.63) is 18.2 Å². The highest BCUT2D eigenvalue weighted by Gasteiger charge is 2.23. The van der Waals surface area contributed by atoms with Gasteiger partial charge in [0.15, 0.2) is 11.6 Å². The van der Waals surface area contributed by atoms with Crippen LogP contribution >= 0.6 is 0 Å². The van der Waals surface area contributed by atoms with Crippen LogP contribution in [0.15, 0.2) is 18.2 Å². The van der Waals surface area contributed by atoms with E-state index in [0.717, 1.165) is 5.56 Å². The molecule has 0 saturated carbocycles. The first-order chi connectivity index (χ1) is 7.77. The summed E-state index contributed by atoms with van der Waals surface area (Å²) >= 11 is 0. The number of nitrogen functional groups attached to an aromatic ring is 1. The second-order valence-electron chi connectivity index (χ2n) is 3.83. The number of hydrogen-bond acceptors (Lipinski definition) is 5. The van der Waals surface area contributed by atoms with Crippen molar-refractivity contribution >= 4 is 5.69 Å². The molecule has 3 rings (SSSR count). The van der Waals surface area contributed by atoms with Crippen LogP contribution in [0.2, 0.25) is 0 Å². The van der Waals surface area contributed by atoms with E-state index in [4.69, 9.17) is 10.5 Å². The lowest BCUT2D eigenvalue weighted by atomic mass is 10.1. The van der Waals surface area contributed by atoms with Crippen molar-refractivity contribution in [2.45, 2.75) is 13.0 Å². The third-order valence-electron chi connectivity index (χ3n) is 2.67. The maximum atomic E-state index is 5.88. The fourth-order valence-electron chi connectivity index (χ4n) is 1.83. The Morgan fingerprint density at radius 1 is 1.50 bits per heavy atom. The summed E-state index contributed by atoms with van der Waals surface area (Å²) in [5.41, 5.74) is 7.33. The van der Waals surface area contributed by atoms with E-state index < -0.39 is 0 Å². The van der Waals surface area contributed by atoms with Crippen molar-refractivity contribution in [3.63, 3.8) is 0 Å². The Hall–Kier alpha value is -2.11. The normalized spacial score (nSPS) is 18.2. The van der Waals surface area contributed by atoms with Crippen LogP contribution in [0.3, 0.4) is 0 Å². The Kier molecular flexibility index (Phi) is 1.82. The topological polar surface area (TPSA) is 78.8 Å². The summed E-state index contributed by atoms with van der Waals surface area (Å²) in [6, 6.07) is 5.68. The molecular weight excluding hydrogens is 206 g/mol. The Labute approximate surface area is 92.0 Å². The minimum Gasteiger partial charge on any atom is -0.488 e. The van der Waals surface area contributed by atoms with Gasteiger partial charge >= 0.3 is 0 Å². The molecule has 16 heavy (non-hydrogen) atoms. The Bertz CT molecular complexity index is 536. The van der Waals surface area contributed by atoms with Crippen LogP contribution in [0.5, 0.6) is 5.75 Å². The van der Waals surface area contributed by atoms with E-state index in [-0.39, 0.29) is 6.04 Å². The van der Waals surface area contributed by atoms with Gasteiger partial charge in [0.1, 0.15) is 6.61 Å². The molecule has 1 atom stereocenters. The molecule has 0 spiro atoms. The van der Waals surface area contributed by atoms with E-state index in [1.54, 1.807) is 4.68 Å². The third-order valence-corrected chi connectivity index (χ3v) is 2.67. The van der Waals surface area contributed by atoms with Crippen molar-refractivity contribution in [1.82, 2.24) is 20.2 Å². The maximum Gasteiger partial charge on any atom is 0.186 e. The van der Waals surface area contributed by atoms with E-state index in [1.807, 2.05) is 25.1 Å². The van der Waals surface area contributed by atoms with Crippen LogP contribution < -0.4 is 10.5 Å². The van der Waals surface area contributed by atoms with E-state index >= 15 is 0 Å². The van der Waals surface area contributed by atoms with Crippen LogP contribution in [0.25, 0.3) is 11.4 Å². The summed E-state index contributed by atoms with van der Waals surface area (Å²) in [5, 5.41) is 11.7. The van der Waals surface area contributed by atoms with E-state index in [1.165, 1.54) is 0 Å². The minimum atomic E-state index is 0.0943. The summed E-state index contributed by atoms with van der Waals surface area (Å²) < 4.78 is 7.43. The molecule has 1 aromatic heterocycles. The third kappa shape index (κ3) is 1.16. The van der Waals surface area contributed by atoms with Crippen LogP contribution in [-0.2, 0) is 0 Å². The van der Waals surface area contributed by atoms with E-state index in [9.17, 15) is 0 Å². The number of tetrazole rings is 1. The molecule has 2 heterocycles. The number of rotatable bonds is 0. The molecule has 0 amide bonds. The standard InChI is InChI=1S/C10H11N5O/c1-6-5-16-9-7(3-2-4-8(9)11)10-12-13-14-15(6)10/h2-4,6H,5,11H2,1H3/t6-/m0/s1. The minimum absolute atomic E-state index is 0.0943. The fourth-order valence-corrected chi connectivity index (χ4v) is 1.83. The average molecular weight is 217 g/mol. The number of nitrogens with zero attached hydrogens (tertiary/aromatic N) is 4. The molecule has 2 aromatic rings. The van der Waals surface area contributed by atoms with Gasteiger partial charge in [-0.05, 0) is 29.5 Å². The summed E-state index contributed by atoms with van der Waals surface area (Å²) in [7, 11) is 0. The summed E-state index contributed by atoms with van der Waals surface area (Å²) in [6.07, 6.45) is 0. The number of fused-ring (bicyclic) bond motifs is 3. The van der Waals surface area contributed by atoms with Gasteiger partial charge in [-0.1, -0.05) is 6.07 Å². The Balaban J connectivity index is 2.29. The van der Waals surface area contributed by atoms with Crippen molar-refractivity contribution in [3.8, 4) is 17.1 Å². The Morgan fingerprint density at radius 3 is 3.25 bits per heavy atom. The lowest BCUT2D eigenvalue weighted by molar-refractivity contribution is 0.259.